The highest BCUT2D eigenvalue weighted by Gasteiger charge is 2.29. The van der Waals surface area contributed by atoms with Gasteiger partial charge in [0, 0.05) is 19.4 Å². The molecule has 0 bridgehead atoms. The van der Waals surface area contributed by atoms with E-state index in [1.165, 1.54) is 18.9 Å². The Labute approximate surface area is 113 Å². The largest absolute Gasteiger partial charge is 0.480 e. The van der Waals surface area contributed by atoms with E-state index in [4.69, 9.17) is 5.11 Å². The third-order valence-corrected chi connectivity index (χ3v) is 5.51. The molecule has 10 heteroatoms. The molecule has 1 aromatic rings. The zero-order chi connectivity index (χ0) is 15.0. The molecule has 0 radical (unpaired) electrons. The molecule has 0 aromatic carbocycles. The van der Waals surface area contributed by atoms with E-state index >= 15 is 0 Å². The number of anilines is 1. The number of aliphatic carboxylic acids is 1. The first-order valence-corrected chi connectivity index (χ1v) is 7.70. The zero-order valence-electron chi connectivity index (χ0n) is 10.4. The second-order valence-electron chi connectivity index (χ2n) is 3.91. The lowest BCUT2D eigenvalue weighted by Gasteiger charge is -2.20. The molecule has 0 amide bonds. The Morgan fingerprint density at radius 2 is 2.11 bits per heavy atom. The summed E-state index contributed by atoms with van der Waals surface area (Å²) in [6.45, 7) is 1.35. The van der Waals surface area contributed by atoms with Crippen LogP contribution in [0.5, 0.6) is 0 Å². The van der Waals surface area contributed by atoms with E-state index in [2.05, 4.69) is 0 Å². The van der Waals surface area contributed by atoms with Crippen molar-refractivity contribution in [2.45, 2.75) is 17.2 Å². The van der Waals surface area contributed by atoms with Crippen LogP contribution in [0.3, 0.4) is 0 Å². The fourth-order valence-corrected chi connectivity index (χ4v) is 3.33. The Morgan fingerprint density at radius 3 is 2.47 bits per heavy atom. The quantitative estimate of drug-likeness (QED) is 0.636. The van der Waals surface area contributed by atoms with Crippen molar-refractivity contribution in [3.63, 3.8) is 0 Å². The van der Waals surface area contributed by atoms with Crippen molar-refractivity contribution >= 4 is 37.8 Å². The standard InChI is InChI=1S/C9H12N2O6S2/c1-5(9(12)13)10(2)8-6(11(14)15)4-7(18-8)19(3,16)17/h4-5H,1-3H3,(H,12,13). The van der Waals surface area contributed by atoms with Crippen molar-refractivity contribution in [3.05, 3.63) is 16.2 Å². The minimum atomic E-state index is -3.58. The molecule has 0 spiro atoms. The minimum Gasteiger partial charge on any atom is -0.480 e. The number of thiophene rings is 1. The molecule has 0 aliphatic carbocycles. The number of hydrogen-bond acceptors (Lipinski definition) is 7. The molecule has 1 unspecified atom stereocenters. The molecule has 1 atom stereocenters. The molecular formula is C9H12N2O6S2. The van der Waals surface area contributed by atoms with Gasteiger partial charge >= 0.3 is 11.7 Å². The predicted octanol–water partition coefficient (Wildman–Crippen LogP) is 0.969. The van der Waals surface area contributed by atoms with Gasteiger partial charge in [0.05, 0.1) is 4.92 Å². The van der Waals surface area contributed by atoms with Gasteiger partial charge in [0.1, 0.15) is 10.3 Å². The van der Waals surface area contributed by atoms with Gasteiger partial charge in [-0.25, -0.2) is 13.2 Å². The van der Waals surface area contributed by atoms with Gasteiger partial charge in [-0.15, -0.1) is 0 Å². The monoisotopic (exact) mass is 308 g/mol. The third-order valence-electron chi connectivity index (χ3n) is 2.49. The van der Waals surface area contributed by atoms with Crippen LogP contribution < -0.4 is 4.90 Å². The number of hydrogen-bond donors (Lipinski definition) is 1. The average molecular weight is 308 g/mol. The van der Waals surface area contributed by atoms with E-state index in [1.54, 1.807) is 0 Å². The van der Waals surface area contributed by atoms with Gasteiger partial charge in [0.2, 0.25) is 0 Å². The molecule has 1 heterocycles. The molecule has 1 rings (SSSR count). The first-order chi connectivity index (χ1) is 8.55. The van der Waals surface area contributed by atoms with Crippen LogP contribution in [0.25, 0.3) is 0 Å². The lowest BCUT2D eigenvalue weighted by atomic mass is 10.3. The van der Waals surface area contributed by atoms with Crippen molar-refractivity contribution in [2.24, 2.45) is 0 Å². The fourth-order valence-electron chi connectivity index (χ4n) is 1.26. The van der Waals surface area contributed by atoms with Crippen molar-refractivity contribution in [2.75, 3.05) is 18.2 Å². The molecule has 0 saturated heterocycles. The molecular weight excluding hydrogens is 296 g/mol. The van der Waals surface area contributed by atoms with Gasteiger partial charge in [-0.1, -0.05) is 11.3 Å². The van der Waals surface area contributed by atoms with Crippen LogP contribution >= 0.6 is 11.3 Å². The molecule has 1 aromatic heterocycles. The summed E-state index contributed by atoms with van der Waals surface area (Å²) in [5.74, 6) is -1.16. The highest BCUT2D eigenvalue weighted by Crippen LogP contribution is 2.39. The smallest absolute Gasteiger partial charge is 0.326 e. The van der Waals surface area contributed by atoms with E-state index in [0.717, 1.165) is 12.3 Å². The molecule has 8 nitrogen and oxygen atoms in total. The highest BCUT2D eigenvalue weighted by molar-refractivity contribution is 7.92. The molecule has 0 saturated carbocycles. The number of nitro groups is 1. The maximum Gasteiger partial charge on any atom is 0.326 e. The van der Waals surface area contributed by atoms with Crippen LogP contribution in [0.4, 0.5) is 10.7 Å². The Bertz CT molecular complexity index is 621. The van der Waals surface area contributed by atoms with Crippen molar-refractivity contribution in [1.82, 2.24) is 0 Å². The first kappa shape index (κ1) is 15.4. The topological polar surface area (TPSA) is 118 Å². The molecule has 0 fully saturated rings. The van der Waals surface area contributed by atoms with Crippen LogP contribution in [-0.2, 0) is 14.6 Å². The summed E-state index contributed by atoms with van der Waals surface area (Å²) >= 11 is 0.682. The second kappa shape index (κ2) is 5.13. The number of likely N-dealkylation sites (N-methyl/N-ethyl adjacent to an activating group) is 1. The summed E-state index contributed by atoms with van der Waals surface area (Å²) in [5.41, 5.74) is -0.416. The van der Waals surface area contributed by atoms with Gasteiger partial charge < -0.3 is 10.0 Å². The van der Waals surface area contributed by atoms with E-state index in [0.29, 0.717) is 11.3 Å². The van der Waals surface area contributed by atoms with Crippen LogP contribution in [0.1, 0.15) is 6.92 Å². The Kier molecular flexibility index (Phi) is 4.15. The summed E-state index contributed by atoms with van der Waals surface area (Å²) in [6, 6.07) is -0.0646. The number of carboxylic acid groups (broad SMARTS) is 1. The average Bonchev–Trinajstić information content (AvgIpc) is 2.71. The van der Waals surface area contributed by atoms with Crippen molar-refractivity contribution in [3.8, 4) is 0 Å². The van der Waals surface area contributed by atoms with E-state index in [-0.39, 0.29) is 9.21 Å². The van der Waals surface area contributed by atoms with E-state index < -0.39 is 32.5 Å². The van der Waals surface area contributed by atoms with Crippen LogP contribution in [0.15, 0.2) is 10.3 Å². The number of nitrogens with zero attached hydrogens (tertiary/aromatic N) is 2. The van der Waals surface area contributed by atoms with Crippen LogP contribution in [0, 0.1) is 10.1 Å². The summed E-state index contributed by atoms with van der Waals surface area (Å²) in [5, 5.41) is 19.8. The number of carboxylic acids is 1. The molecule has 106 valence electrons. The predicted molar refractivity (Wildman–Crippen MR) is 69.6 cm³/mol. The zero-order valence-corrected chi connectivity index (χ0v) is 12.0. The normalized spacial score (nSPS) is 13.0. The summed E-state index contributed by atoms with van der Waals surface area (Å²) in [6.07, 6.45) is 0.937. The second-order valence-corrected chi connectivity index (χ2v) is 7.18. The molecule has 19 heavy (non-hydrogen) atoms. The van der Waals surface area contributed by atoms with Gasteiger partial charge in [0.15, 0.2) is 14.8 Å². The van der Waals surface area contributed by atoms with Crippen molar-refractivity contribution < 1.29 is 23.2 Å². The van der Waals surface area contributed by atoms with Gasteiger partial charge in [0.25, 0.3) is 0 Å². The number of sulfone groups is 1. The maximum absolute atomic E-state index is 11.4. The summed E-state index contributed by atoms with van der Waals surface area (Å²) < 4.78 is 22.6. The summed E-state index contributed by atoms with van der Waals surface area (Å²) in [4.78, 5) is 22.2. The number of rotatable bonds is 5. The van der Waals surface area contributed by atoms with Crippen molar-refractivity contribution in [1.29, 1.82) is 0 Å². The third kappa shape index (κ3) is 3.20. The molecule has 0 aliphatic rings. The van der Waals surface area contributed by atoms with Crippen LogP contribution in [0.2, 0.25) is 0 Å². The van der Waals surface area contributed by atoms with Gasteiger partial charge in [-0.05, 0) is 6.92 Å². The first-order valence-electron chi connectivity index (χ1n) is 4.99. The van der Waals surface area contributed by atoms with Gasteiger partial charge in [-0.3, -0.25) is 10.1 Å². The minimum absolute atomic E-state index is 0.000301. The molecule has 0 aliphatic heterocycles. The Hall–Kier alpha value is -1.68. The lowest BCUT2D eigenvalue weighted by molar-refractivity contribution is -0.383. The number of carbonyl (C=O) groups is 1. The fraction of sp³-hybridized carbons (Fsp3) is 0.444. The Morgan fingerprint density at radius 1 is 1.58 bits per heavy atom. The van der Waals surface area contributed by atoms with Gasteiger partial charge in [-0.2, -0.15) is 0 Å². The maximum atomic E-state index is 11.4. The summed E-state index contributed by atoms with van der Waals surface area (Å²) in [7, 11) is -2.21. The lowest BCUT2D eigenvalue weighted by Crippen LogP contribution is -2.35. The van der Waals surface area contributed by atoms with Crippen LogP contribution in [-0.4, -0.2) is 43.8 Å². The SMILES string of the molecule is CC(C(=O)O)N(C)c1sc(S(C)(=O)=O)cc1[N+](=O)[O-]. The highest BCUT2D eigenvalue weighted by atomic mass is 32.2. The Balaban J connectivity index is 3.38. The molecule has 1 N–H and O–H groups in total. The van der Waals surface area contributed by atoms with E-state index in [9.17, 15) is 23.3 Å². The van der Waals surface area contributed by atoms with E-state index in [1.807, 2.05) is 0 Å².